The van der Waals surface area contributed by atoms with E-state index < -0.39 is 17.9 Å². The standard InChI is InChI=1S/C15H16F2N2/c1-9-2-3-11(12-6-18-5-4-10(9)12)15-13(16)7-19-8-14(15)17/h2-3,7-8,13,15,18H,4-6H2,1H3. The van der Waals surface area contributed by atoms with E-state index in [1.165, 1.54) is 17.3 Å². The van der Waals surface area contributed by atoms with Crippen molar-refractivity contribution in [1.82, 2.24) is 5.32 Å². The van der Waals surface area contributed by atoms with Crippen molar-refractivity contribution in [3.63, 3.8) is 0 Å². The summed E-state index contributed by atoms with van der Waals surface area (Å²) in [6, 6.07) is 3.82. The van der Waals surface area contributed by atoms with Gasteiger partial charge in [0.05, 0.1) is 12.1 Å². The van der Waals surface area contributed by atoms with Crippen molar-refractivity contribution in [2.75, 3.05) is 6.54 Å². The van der Waals surface area contributed by atoms with Crippen LogP contribution in [-0.4, -0.2) is 18.9 Å². The number of aryl methyl sites for hydroxylation is 1. The molecule has 2 aliphatic heterocycles. The van der Waals surface area contributed by atoms with Gasteiger partial charge in [-0.25, -0.2) is 8.78 Å². The molecular formula is C15H16F2N2. The molecule has 2 atom stereocenters. The van der Waals surface area contributed by atoms with Gasteiger partial charge in [0.25, 0.3) is 0 Å². The lowest BCUT2D eigenvalue weighted by molar-refractivity contribution is 0.353. The summed E-state index contributed by atoms with van der Waals surface area (Å²) < 4.78 is 27.9. The van der Waals surface area contributed by atoms with E-state index in [0.717, 1.165) is 30.3 Å². The molecule has 2 heterocycles. The van der Waals surface area contributed by atoms with Crippen LogP contribution in [0.25, 0.3) is 0 Å². The van der Waals surface area contributed by atoms with E-state index in [4.69, 9.17) is 0 Å². The van der Waals surface area contributed by atoms with Crippen molar-refractivity contribution >= 4 is 6.21 Å². The van der Waals surface area contributed by atoms with Crippen molar-refractivity contribution < 1.29 is 8.78 Å². The third-order valence-corrected chi connectivity index (χ3v) is 3.93. The Labute approximate surface area is 111 Å². The number of hydrogen-bond donors (Lipinski definition) is 1. The summed E-state index contributed by atoms with van der Waals surface area (Å²) in [4.78, 5) is 3.59. The number of halogens is 2. The maximum Gasteiger partial charge on any atom is 0.148 e. The molecule has 4 heteroatoms. The quantitative estimate of drug-likeness (QED) is 0.826. The molecular weight excluding hydrogens is 246 g/mol. The highest BCUT2D eigenvalue weighted by atomic mass is 19.1. The molecule has 100 valence electrons. The Bertz CT molecular complexity index is 564. The first-order chi connectivity index (χ1) is 9.18. The molecule has 0 spiro atoms. The second kappa shape index (κ2) is 4.85. The lowest BCUT2D eigenvalue weighted by atomic mass is 9.83. The third-order valence-electron chi connectivity index (χ3n) is 3.93. The molecule has 0 saturated heterocycles. The fraction of sp³-hybridized carbons (Fsp3) is 0.400. The Balaban J connectivity index is 2.11. The SMILES string of the molecule is Cc1ccc(C2C(F)=CN=CC2F)c2c1CCNC2. The van der Waals surface area contributed by atoms with Crippen LogP contribution in [0.2, 0.25) is 0 Å². The molecule has 19 heavy (non-hydrogen) atoms. The normalized spacial score (nSPS) is 25.9. The lowest BCUT2D eigenvalue weighted by Gasteiger charge is -2.27. The molecule has 0 radical (unpaired) electrons. The minimum Gasteiger partial charge on any atom is -0.312 e. The summed E-state index contributed by atoms with van der Waals surface area (Å²) in [5, 5.41) is 3.28. The zero-order chi connectivity index (χ0) is 13.4. The Hall–Kier alpha value is -1.55. The van der Waals surface area contributed by atoms with Crippen LogP contribution in [0.15, 0.2) is 29.2 Å². The molecule has 1 aromatic rings. The van der Waals surface area contributed by atoms with Crippen LogP contribution >= 0.6 is 0 Å². The van der Waals surface area contributed by atoms with E-state index in [1.54, 1.807) is 0 Å². The molecule has 3 rings (SSSR count). The molecule has 0 aliphatic carbocycles. The van der Waals surface area contributed by atoms with Crippen LogP contribution in [0.5, 0.6) is 0 Å². The maximum absolute atomic E-state index is 14.0. The van der Waals surface area contributed by atoms with Crippen LogP contribution < -0.4 is 5.32 Å². The second-order valence-corrected chi connectivity index (χ2v) is 5.09. The minimum absolute atomic E-state index is 0.494. The Morgan fingerprint density at radius 2 is 2.16 bits per heavy atom. The number of rotatable bonds is 1. The number of allylic oxidation sites excluding steroid dienone is 1. The van der Waals surface area contributed by atoms with Crippen molar-refractivity contribution in [3.8, 4) is 0 Å². The van der Waals surface area contributed by atoms with Gasteiger partial charge in [-0.15, -0.1) is 0 Å². The van der Waals surface area contributed by atoms with E-state index in [1.807, 2.05) is 12.1 Å². The van der Waals surface area contributed by atoms with E-state index >= 15 is 0 Å². The maximum atomic E-state index is 14.0. The average molecular weight is 262 g/mol. The molecule has 0 fully saturated rings. The zero-order valence-electron chi connectivity index (χ0n) is 10.8. The molecule has 1 N–H and O–H groups in total. The lowest BCUT2D eigenvalue weighted by Crippen LogP contribution is -2.28. The smallest absolute Gasteiger partial charge is 0.148 e. The highest BCUT2D eigenvalue weighted by Crippen LogP contribution is 2.37. The van der Waals surface area contributed by atoms with Gasteiger partial charge in [-0.2, -0.15) is 0 Å². The Morgan fingerprint density at radius 1 is 1.32 bits per heavy atom. The number of alkyl halides is 1. The predicted octanol–water partition coefficient (Wildman–Crippen LogP) is 2.96. The van der Waals surface area contributed by atoms with Gasteiger partial charge in [-0.1, -0.05) is 12.1 Å². The van der Waals surface area contributed by atoms with Gasteiger partial charge >= 0.3 is 0 Å². The molecule has 0 saturated carbocycles. The summed E-state index contributed by atoms with van der Waals surface area (Å²) in [7, 11) is 0. The summed E-state index contributed by atoms with van der Waals surface area (Å²) in [5.74, 6) is -1.33. The summed E-state index contributed by atoms with van der Waals surface area (Å²) in [6.07, 6.45) is 1.82. The van der Waals surface area contributed by atoms with Crippen molar-refractivity contribution in [2.45, 2.75) is 32.0 Å². The van der Waals surface area contributed by atoms with Gasteiger partial charge in [0.2, 0.25) is 0 Å². The molecule has 2 aliphatic rings. The van der Waals surface area contributed by atoms with Crippen molar-refractivity contribution in [2.24, 2.45) is 4.99 Å². The van der Waals surface area contributed by atoms with Gasteiger partial charge in [0.1, 0.15) is 12.0 Å². The molecule has 2 nitrogen and oxygen atoms in total. The van der Waals surface area contributed by atoms with E-state index in [9.17, 15) is 8.78 Å². The second-order valence-electron chi connectivity index (χ2n) is 5.09. The van der Waals surface area contributed by atoms with Crippen molar-refractivity contribution in [1.29, 1.82) is 0 Å². The fourth-order valence-electron chi connectivity index (χ4n) is 2.94. The largest absolute Gasteiger partial charge is 0.312 e. The minimum atomic E-state index is -1.39. The van der Waals surface area contributed by atoms with Crippen LogP contribution in [-0.2, 0) is 13.0 Å². The van der Waals surface area contributed by atoms with Gasteiger partial charge < -0.3 is 5.32 Å². The number of hydrogen-bond acceptors (Lipinski definition) is 2. The molecule has 2 unspecified atom stereocenters. The Morgan fingerprint density at radius 3 is 2.95 bits per heavy atom. The van der Waals surface area contributed by atoms with Gasteiger partial charge in [0.15, 0.2) is 0 Å². The zero-order valence-corrected chi connectivity index (χ0v) is 10.8. The number of aliphatic imine (C=N–C) groups is 1. The van der Waals surface area contributed by atoms with Crippen LogP contribution in [0, 0.1) is 6.92 Å². The summed E-state index contributed by atoms with van der Waals surface area (Å²) in [5.41, 5.74) is 4.24. The number of nitrogens with zero attached hydrogens (tertiary/aromatic N) is 1. The first-order valence-corrected chi connectivity index (χ1v) is 6.53. The molecule has 0 amide bonds. The van der Waals surface area contributed by atoms with E-state index in [-0.39, 0.29) is 0 Å². The number of benzene rings is 1. The Kier molecular flexibility index (Phi) is 3.19. The van der Waals surface area contributed by atoms with E-state index in [0.29, 0.717) is 6.54 Å². The monoisotopic (exact) mass is 262 g/mol. The van der Waals surface area contributed by atoms with E-state index in [2.05, 4.69) is 17.2 Å². The highest BCUT2D eigenvalue weighted by Gasteiger charge is 2.31. The first-order valence-electron chi connectivity index (χ1n) is 6.53. The average Bonchev–Trinajstić information content (AvgIpc) is 2.41. The predicted molar refractivity (Wildman–Crippen MR) is 71.9 cm³/mol. The van der Waals surface area contributed by atoms with Crippen LogP contribution in [0.1, 0.15) is 28.2 Å². The van der Waals surface area contributed by atoms with Crippen LogP contribution in [0.3, 0.4) is 0 Å². The topological polar surface area (TPSA) is 24.4 Å². The molecule has 0 bridgehead atoms. The fourth-order valence-corrected chi connectivity index (χ4v) is 2.94. The molecule has 0 aromatic heterocycles. The van der Waals surface area contributed by atoms with Crippen molar-refractivity contribution in [3.05, 3.63) is 46.4 Å². The van der Waals surface area contributed by atoms with Gasteiger partial charge in [0, 0.05) is 12.8 Å². The highest BCUT2D eigenvalue weighted by molar-refractivity contribution is 5.69. The third kappa shape index (κ3) is 2.10. The van der Waals surface area contributed by atoms with Gasteiger partial charge in [-0.05, 0) is 42.1 Å². The van der Waals surface area contributed by atoms with Gasteiger partial charge in [-0.3, -0.25) is 4.99 Å². The number of nitrogens with one attached hydrogen (secondary N) is 1. The van der Waals surface area contributed by atoms with Crippen LogP contribution in [0.4, 0.5) is 8.78 Å². The first kappa shape index (κ1) is 12.5. The molecule has 1 aromatic carbocycles. The summed E-state index contributed by atoms with van der Waals surface area (Å²) in [6.45, 7) is 3.65. The number of fused-ring (bicyclic) bond motifs is 1. The summed E-state index contributed by atoms with van der Waals surface area (Å²) >= 11 is 0.